The number of carbonyl (C=O) groups is 1. The monoisotopic (exact) mass is 286 g/mol. The van der Waals surface area contributed by atoms with Crippen LogP contribution in [0.15, 0.2) is 24.4 Å². The van der Waals surface area contributed by atoms with Crippen LogP contribution in [0, 0.1) is 0 Å². The zero-order valence-electron chi connectivity index (χ0n) is 12.0. The smallest absolute Gasteiger partial charge is 0.343 e. The Kier molecular flexibility index (Phi) is 3.60. The Hall–Kier alpha value is -2.37. The Morgan fingerprint density at radius 3 is 2.86 bits per heavy atom. The predicted molar refractivity (Wildman–Crippen MR) is 78.3 cm³/mol. The third-order valence-corrected chi connectivity index (χ3v) is 3.79. The number of esters is 1. The number of hydrogen-bond donors (Lipinski definition) is 1. The maximum atomic E-state index is 12.2. The minimum atomic E-state index is -0.404. The highest BCUT2D eigenvalue weighted by atomic mass is 16.5. The summed E-state index contributed by atoms with van der Waals surface area (Å²) in [6, 6.07) is 5.49. The van der Waals surface area contributed by atoms with E-state index in [0.29, 0.717) is 23.8 Å². The molecule has 0 saturated heterocycles. The SMILES string of the molecule is CCOC(=O)c1c(C2CCC2)nn(-c2ccccn2)c1N. The van der Waals surface area contributed by atoms with Gasteiger partial charge in [0, 0.05) is 12.1 Å². The van der Waals surface area contributed by atoms with Gasteiger partial charge in [-0.3, -0.25) is 0 Å². The summed E-state index contributed by atoms with van der Waals surface area (Å²) in [5, 5.41) is 4.53. The van der Waals surface area contributed by atoms with Crippen molar-refractivity contribution in [1.29, 1.82) is 0 Å². The minimum Gasteiger partial charge on any atom is -0.462 e. The molecule has 21 heavy (non-hydrogen) atoms. The molecule has 0 atom stereocenters. The first kappa shape index (κ1) is 13.6. The topological polar surface area (TPSA) is 83.0 Å². The van der Waals surface area contributed by atoms with E-state index in [2.05, 4.69) is 10.1 Å². The maximum absolute atomic E-state index is 12.2. The molecule has 3 rings (SSSR count). The lowest BCUT2D eigenvalue weighted by Crippen LogP contribution is -2.15. The molecule has 6 nitrogen and oxygen atoms in total. The van der Waals surface area contributed by atoms with Gasteiger partial charge in [0.05, 0.1) is 12.3 Å². The third-order valence-electron chi connectivity index (χ3n) is 3.79. The number of nitrogens with zero attached hydrogens (tertiary/aromatic N) is 3. The summed E-state index contributed by atoms with van der Waals surface area (Å²) in [4.78, 5) is 16.4. The molecule has 2 aromatic heterocycles. The van der Waals surface area contributed by atoms with Gasteiger partial charge in [0.15, 0.2) is 5.82 Å². The lowest BCUT2D eigenvalue weighted by atomic mass is 9.81. The van der Waals surface area contributed by atoms with E-state index in [9.17, 15) is 4.79 Å². The van der Waals surface area contributed by atoms with Gasteiger partial charge in [-0.1, -0.05) is 12.5 Å². The molecule has 0 bridgehead atoms. The van der Waals surface area contributed by atoms with Crippen LogP contribution in [0.4, 0.5) is 5.82 Å². The number of nitrogen functional groups attached to an aromatic ring is 1. The van der Waals surface area contributed by atoms with Crippen molar-refractivity contribution in [3.8, 4) is 5.82 Å². The fraction of sp³-hybridized carbons (Fsp3) is 0.400. The Morgan fingerprint density at radius 2 is 2.29 bits per heavy atom. The normalized spacial score (nSPS) is 14.7. The first-order valence-electron chi connectivity index (χ1n) is 7.19. The molecule has 0 unspecified atom stereocenters. The summed E-state index contributed by atoms with van der Waals surface area (Å²) in [6.45, 7) is 2.09. The number of carbonyl (C=O) groups excluding carboxylic acids is 1. The van der Waals surface area contributed by atoms with Crippen molar-refractivity contribution in [2.75, 3.05) is 12.3 Å². The van der Waals surface area contributed by atoms with Gasteiger partial charge in [0.2, 0.25) is 0 Å². The van der Waals surface area contributed by atoms with Crippen molar-refractivity contribution in [2.24, 2.45) is 0 Å². The molecule has 0 radical (unpaired) electrons. The molecule has 1 aliphatic rings. The fourth-order valence-corrected chi connectivity index (χ4v) is 2.48. The van der Waals surface area contributed by atoms with Crippen LogP contribution >= 0.6 is 0 Å². The van der Waals surface area contributed by atoms with Crippen LogP contribution in [0.25, 0.3) is 5.82 Å². The molecule has 110 valence electrons. The minimum absolute atomic E-state index is 0.289. The summed E-state index contributed by atoms with van der Waals surface area (Å²) < 4.78 is 6.65. The average molecular weight is 286 g/mol. The van der Waals surface area contributed by atoms with Gasteiger partial charge < -0.3 is 10.5 Å². The zero-order chi connectivity index (χ0) is 14.8. The van der Waals surface area contributed by atoms with Crippen LogP contribution in [0.5, 0.6) is 0 Å². The Morgan fingerprint density at radius 1 is 1.48 bits per heavy atom. The molecular formula is C15H18N4O2. The van der Waals surface area contributed by atoms with Gasteiger partial charge in [-0.2, -0.15) is 9.78 Å². The highest BCUT2D eigenvalue weighted by Crippen LogP contribution is 2.39. The molecule has 0 aromatic carbocycles. The van der Waals surface area contributed by atoms with Crippen molar-refractivity contribution >= 4 is 11.8 Å². The van der Waals surface area contributed by atoms with E-state index in [-0.39, 0.29) is 5.92 Å². The number of rotatable bonds is 4. The number of hydrogen-bond acceptors (Lipinski definition) is 5. The van der Waals surface area contributed by atoms with Gasteiger partial charge in [-0.15, -0.1) is 0 Å². The maximum Gasteiger partial charge on any atom is 0.343 e. The molecule has 1 saturated carbocycles. The zero-order valence-corrected chi connectivity index (χ0v) is 12.0. The first-order chi connectivity index (χ1) is 10.2. The number of pyridine rings is 1. The van der Waals surface area contributed by atoms with Crippen LogP contribution in [0.2, 0.25) is 0 Å². The van der Waals surface area contributed by atoms with E-state index in [4.69, 9.17) is 10.5 Å². The van der Waals surface area contributed by atoms with E-state index >= 15 is 0 Å². The highest BCUT2D eigenvalue weighted by Gasteiger charge is 2.32. The molecule has 2 aromatic rings. The van der Waals surface area contributed by atoms with Crippen molar-refractivity contribution in [1.82, 2.24) is 14.8 Å². The van der Waals surface area contributed by atoms with E-state index < -0.39 is 5.97 Å². The molecular weight excluding hydrogens is 268 g/mol. The second-order valence-electron chi connectivity index (χ2n) is 5.09. The molecule has 2 N–H and O–H groups in total. The molecule has 0 amide bonds. The summed E-state index contributed by atoms with van der Waals surface area (Å²) in [6.07, 6.45) is 4.89. The van der Waals surface area contributed by atoms with E-state index in [1.165, 1.54) is 4.68 Å². The average Bonchev–Trinajstić information content (AvgIpc) is 2.75. The Balaban J connectivity index is 2.08. The van der Waals surface area contributed by atoms with Gasteiger partial charge >= 0.3 is 5.97 Å². The summed E-state index contributed by atoms with van der Waals surface area (Å²) in [7, 11) is 0. The van der Waals surface area contributed by atoms with Gasteiger partial charge in [0.1, 0.15) is 11.4 Å². The first-order valence-corrected chi connectivity index (χ1v) is 7.19. The Labute approximate surface area is 122 Å². The number of nitrogens with two attached hydrogens (primary N) is 1. The van der Waals surface area contributed by atoms with Crippen LogP contribution in [0.3, 0.4) is 0 Å². The van der Waals surface area contributed by atoms with Crippen LogP contribution in [0.1, 0.15) is 48.2 Å². The highest BCUT2D eigenvalue weighted by molar-refractivity contribution is 5.96. The van der Waals surface area contributed by atoms with E-state index in [1.54, 1.807) is 13.1 Å². The van der Waals surface area contributed by atoms with Crippen molar-refractivity contribution in [3.05, 3.63) is 35.7 Å². The van der Waals surface area contributed by atoms with E-state index in [1.807, 2.05) is 18.2 Å². The van der Waals surface area contributed by atoms with Crippen LogP contribution < -0.4 is 5.73 Å². The molecule has 1 fully saturated rings. The largest absolute Gasteiger partial charge is 0.462 e. The fourth-order valence-electron chi connectivity index (χ4n) is 2.48. The second-order valence-corrected chi connectivity index (χ2v) is 5.09. The second kappa shape index (κ2) is 5.55. The van der Waals surface area contributed by atoms with Gasteiger partial charge in [0.25, 0.3) is 0 Å². The summed E-state index contributed by atoms with van der Waals surface area (Å²) >= 11 is 0. The van der Waals surface area contributed by atoms with Crippen molar-refractivity contribution in [3.63, 3.8) is 0 Å². The number of ether oxygens (including phenoxy) is 1. The summed E-state index contributed by atoms with van der Waals surface area (Å²) in [5.74, 6) is 0.788. The molecule has 2 heterocycles. The van der Waals surface area contributed by atoms with Crippen molar-refractivity contribution in [2.45, 2.75) is 32.1 Å². The van der Waals surface area contributed by atoms with Gasteiger partial charge in [-0.05, 0) is 31.9 Å². The molecule has 1 aliphatic carbocycles. The van der Waals surface area contributed by atoms with Crippen molar-refractivity contribution < 1.29 is 9.53 Å². The lowest BCUT2D eigenvalue weighted by Gasteiger charge is -2.24. The standard InChI is InChI=1S/C15H18N4O2/c1-2-21-15(20)12-13(10-6-5-7-10)18-19(14(12)16)11-8-3-4-9-17-11/h3-4,8-10H,2,5-7,16H2,1H3. The predicted octanol–water partition coefficient (Wildman–Crippen LogP) is 2.29. The summed E-state index contributed by atoms with van der Waals surface area (Å²) in [5.41, 5.74) is 7.28. The third kappa shape index (κ3) is 2.37. The molecule has 0 aliphatic heterocycles. The van der Waals surface area contributed by atoms with E-state index in [0.717, 1.165) is 25.0 Å². The quantitative estimate of drug-likeness (QED) is 0.872. The molecule has 6 heteroatoms. The number of aromatic nitrogens is 3. The van der Waals surface area contributed by atoms with Crippen LogP contribution in [-0.2, 0) is 4.74 Å². The Bertz CT molecular complexity index is 647. The lowest BCUT2D eigenvalue weighted by molar-refractivity contribution is 0.0525. The van der Waals surface area contributed by atoms with Gasteiger partial charge in [-0.25, -0.2) is 9.78 Å². The molecule has 0 spiro atoms. The van der Waals surface area contributed by atoms with Crippen LogP contribution in [-0.4, -0.2) is 27.3 Å². The number of anilines is 1.